The molecule has 0 N–H and O–H groups in total. The van der Waals surface area contributed by atoms with Crippen molar-refractivity contribution in [2.75, 3.05) is 0 Å². The summed E-state index contributed by atoms with van der Waals surface area (Å²) in [5.41, 5.74) is 1.94. The zero-order valence-corrected chi connectivity index (χ0v) is 16.8. The van der Waals surface area contributed by atoms with E-state index in [-0.39, 0.29) is 0 Å². The molecule has 125 valence electrons. The maximum absolute atomic E-state index is 6.17. The van der Waals surface area contributed by atoms with E-state index in [9.17, 15) is 0 Å². The molecular formula is C22H17GaNO2. The molecule has 1 aromatic heterocycles. The molecule has 4 rings (SSSR count). The van der Waals surface area contributed by atoms with E-state index in [4.69, 9.17) is 8.27 Å². The molecule has 3 aromatic carbocycles. The topological polar surface area (TPSA) is 31.4 Å². The number of aryl methyl sites for hydroxylation is 1. The Morgan fingerprint density at radius 3 is 2.31 bits per heavy atom. The second-order valence-electron chi connectivity index (χ2n) is 6.00. The zero-order valence-electron chi connectivity index (χ0n) is 14.4. The first kappa shape index (κ1) is 16.8. The molecule has 0 amide bonds. The minimum absolute atomic E-state index is 0.833. The average molecular weight is 397 g/mol. The Bertz CT molecular complexity index is 1020. The van der Waals surface area contributed by atoms with Crippen LogP contribution in [0, 0.1) is 6.92 Å². The predicted octanol–water partition coefficient (Wildman–Crippen LogP) is 4.66. The summed E-state index contributed by atoms with van der Waals surface area (Å²) in [5.74, 6) is 2.54. The Kier molecular flexibility index (Phi) is 4.95. The molecule has 0 saturated carbocycles. The fourth-order valence-electron chi connectivity index (χ4n) is 2.68. The van der Waals surface area contributed by atoms with E-state index in [1.54, 1.807) is 0 Å². The Balaban J connectivity index is 1.46. The van der Waals surface area contributed by atoms with Crippen molar-refractivity contribution in [1.29, 1.82) is 0 Å². The third kappa shape index (κ3) is 3.93. The fraction of sp³-hybridized carbons (Fsp3) is 0.0455. The van der Waals surface area contributed by atoms with Crippen LogP contribution in [-0.2, 0) is 0 Å². The van der Waals surface area contributed by atoms with Gasteiger partial charge in [-0.15, -0.1) is 0 Å². The monoisotopic (exact) mass is 396 g/mol. The first-order chi connectivity index (χ1) is 12.8. The van der Waals surface area contributed by atoms with Crippen LogP contribution in [0.1, 0.15) is 5.69 Å². The SMILES string of the molecule is Cc1ccc2cccc([O][Ga][c]3ccc(Oc4ccccc4)cc3)c2n1. The van der Waals surface area contributed by atoms with Crippen molar-refractivity contribution < 1.29 is 8.27 Å². The zero-order chi connectivity index (χ0) is 17.8. The molecule has 3 nitrogen and oxygen atoms in total. The van der Waals surface area contributed by atoms with Gasteiger partial charge in [-0.05, 0) is 0 Å². The van der Waals surface area contributed by atoms with E-state index < -0.39 is 17.8 Å². The van der Waals surface area contributed by atoms with Gasteiger partial charge in [0.2, 0.25) is 0 Å². The fourth-order valence-corrected chi connectivity index (χ4v) is 4.37. The summed E-state index contributed by atoms with van der Waals surface area (Å²) in [6, 6.07) is 28.1. The van der Waals surface area contributed by atoms with Gasteiger partial charge in [-0.1, -0.05) is 0 Å². The standard InChI is InChI=1S/C12H9O.C10H9NO.Ga/c1-3-7-11(8-4-1)13-12-9-5-2-6-10-12;1-7-5-6-8-3-2-4-9(12)10(8)11-7;/h1,3-10H;2-6,12H,1H3;/q;;+1/p-1. The molecule has 0 aliphatic heterocycles. The average Bonchev–Trinajstić information content (AvgIpc) is 2.68. The number of para-hydroxylation sites is 2. The third-order valence-corrected chi connectivity index (χ3v) is 6.16. The van der Waals surface area contributed by atoms with E-state index in [2.05, 4.69) is 29.2 Å². The number of nitrogens with zero attached hydrogens (tertiary/aromatic N) is 1. The van der Waals surface area contributed by atoms with Crippen LogP contribution in [0.5, 0.6) is 17.2 Å². The van der Waals surface area contributed by atoms with Crippen molar-refractivity contribution in [3.05, 3.63) is 90.6 Å². The van der Waals surface area contributed by atoms with Crippen LogP contribution in [0.2, 0.25) is 0 Å². The second kappa shape index (κ2) is 7.68. The van der Waals surface area contributed by atoms with Gasteiger partial charge in [-0.25, -0.2) is 0 Å². The van der Waals surface area contributed by atoms with Crippen LogP contribution < -0.4 is 12.4 Å². The molecule has 0 unspecified atom stereocenters. The summed E-state index contributed by atoms with van der Waals surface area (Å²) >= 11 is -1.06. The van der Waals surface area contributed by atoms with Gasteiger partial charge in [0.15, 0.2) is 0 Å². The molecule has 0 fully saturated rings. The van der Waals surface area contributed by atoms with E-state index in [0.717, 1.165) is 33.8 Å². The first-order valence-corrected chi connectivity index (χ1v) is 10.7. The quantitative estimate of drug-likeness (QED) is 0.459. The van der Waals surface area contributed by atoms with Gasteiger partial charge in [-0.3, -0.25) is 0 Å². The summed E-state index contributed by atoms with van der Waals surface area (Å²) in [7, 11) is 0. The molecule has 0 aliphatic carbocycles. The van der Waals surface area contributed by atoms with E-state index >= 15 is 0 Å². The Morgan fingerprint density at radius 2 is 1.50 bits per heavy atom. The second-order valence-corrected chi connectivity index (χ2v) is 8.39. The maximum atomic E-state index is 6.17. The molecule has 4 heteroatoms. The van der Waals surface area contributed by atoms with E-state index in [0.29, 0.717) is 0 Å². The summed E-state index contributed by atoms with van der Waals surface area (Å²) in [5, 5.41) is 1.11. The van der Waals surface area contributed by atoms with Gasteiger partial charge >= 0.3 is 161 Å². The van der Waals surface area contributed by atoms with Gasteiger partial charge in [-0.2, -0.15) is 0 Å². The Hall–Kier alpha value is -2.69. The van der Waals surface area contributed by atoms with Crippen molar-refractivity contribution in [2.45, 2.75) is 6.92 Å². The van der Waals surface area contributed by atoms with Crippen molar-refractivity contribution in [3.8, 4) is 17.2 Å². The van der Waals surface area contributed by atoms with Crippen molar-refractivity contribution in [2.24, 2.45) is 0 Å². The number of aromatic nitrogens is 1. The van der Waals surface area contributed by atoms with Crippen LogP contribution in [0.25, 0.3) is 10.9 Å². The number of rotatable bonds is 5. The van der Waals surface area contributed by atoms with Crippen LogP contribution in [0.15, 0.2) is 84.9 Å². The van der Waals surface area contributed by atoms with Crippen LogP contribution in [0.3, 0.4) is 0 Å². The van der Waals surface area contributed by atoms with Crippen molar-refractivity contribution in [3.63, 3.8) is 0 Å². The molecule has 0 bridgehead atoms. The van der Waals surface area contributed by atoms with Crippen molar-refractivity contribution in [1.82, 2.24) is 4.98 Å². The van der Waals surface area contributed by atoms with Crippen LogP contribution >= 0.6 is 0 Å². The van der Waals surface area contributed by atoms with Gasteiger partial charge in [0.1, 0.15) is 0 Å². The van der Waals surface area contributed by atoms with E-state index in [1.807, 2.05) is 67.6 Å². The summed E-state index contributed by atoms with van der Waals surface area (Å²) in [6.45, 7) is 2.00. The Labute approximate surface area is 160 Å². The molecule has 0 saturated heterocycles. The predicted molar refractivity (Wildman–Crippen MR) is 105 cm³/mol. The molecule has 0 spiro atoms. The number of hydrogen-bond donors (Lipinski definition) is 0. The normalized spacial score (nSPS) is 10.5. The van der Waals surface area contributed by atoms with Gasteiger partial charge < -0.3 is 0 Å². The molecule has 0 aliphatic rings. The van der Waals surface area contributed by atoms with Crippen LogP contribution in [-0.4, -0.2) is 22.8 Å². The number of pyridine rings is 1. The molecule has 1 radical (unpaired) electrons. The molecule has 0 atom stereocenters. The molecule has 1 heterocycles. The number of fused-ring (bicyclic) bond motifs is 1. The summed E-state index contributed by atoms with van der Waals surface area (Å²) < 4.78 is 13.2. The van der Waals surface area contributed by atoms with Gasteiger partial charge in [0, 0.05) is 0 Å². The van der Waals surface area contributed by atoms with Crippen molar-refractivity contribution >= 4 is 32.8 Å². The first-order valence-electron chi connectivity index (χ1n) is 8.47. The minimum atomic E-state index is -1.06. The number of hydrogen-bond acceptors (Lipinski definition) is 3. The summed E-state index contributed by atoms with van der Waals surface area (Å²) in [4.78, 5) is 4.63. The molecular weight excluding hydrogens is 380 g/mol. The third-order valence-electron chi connectivity index (χ3n) is 4.00. The number of benzene rings is 3. The van der Waals surface area contributed by atoms with Gasteiger partial charge in [0.05, 0.1) is 0 Å². The number of ether oxygens (including phenoxy) is 1. The molecule has 4 aromatic rings. The summed E-state index contributed by atoms with van der Waals surface area (Å²) in [6.07, 6.45) is 0. The Morgan fingerprint density at radius 1 is 0.731 bits per heavy atom. The van der Waals surface area contributed by atoms with Crippen LogP contribution in [0.4, 0.5) is 0 Å². The molecule has 26 heavy (non-hydrogen) atoms. The van der Waals surface area contributed by atoms with Gasteiger partial charge in [0.25, 0.3) is 0 Å². The van der Waals surface area contributed by atoms with E-state index in [1.165, 1.54) is 4.12 Å².